The second-order valence-electron chi connectivity index (χ2n) is 4.60. The van der Waals surface area contributed by atoms with Crippen LogP contribution in [0.5, 0.6) is 5.75 Å². The van der Waals surface area contributed by atoms with Crippen LogP contribution in [0, 0.1) is 0 Å². The molecule has 0 aromatic heterocycles. The van der Waals surface area contributed by atoms with E-state index in [0.29, 0.717) is 16.3 Å². The third kappa shape index (κ3) is 1.75. The van der Waals surface area contributed by atoms with Gasteiger partial charge in [-0.2, -0.15) is 0 Å². The molecule has 1 aromatic carbocycles. The molecule has 4 nitrogen and oxygen atoms in total. The van der Waals surface area contributed by atoms with Gasteiger partial charge in [-0.3, -0.25) is 0 Å². The van der Waals surface area contributed by atoms with E-state index in [0.717, 1.165) is 0 Å². The lowest BCUT2D eigenvalue weighted by molar-refractivity contribution is 0.413. The van der Waals surface area contributed by atoms with Crippen LogP contribution in [0.1, 0.15) is 13.8 Å². The maximum Gasteiger partial charge on any atom is 0.182 e. The number of benzene rings is 1. The molecule has 0 bridgehead atoms. The van der Waals surface area contributed by atoms with Gasteiger partial charge >= 0.3 is 0 Å². The van der Waals surface area contributed by atoms with E-state index in [-0.39, 0.29) is 5.75 Å². The smallest absolute Gasteiger partial charge is 0.182 e. The highest BCUT2D eigenvalue weighted by molar-refractivity contribution is 7.91. The third-order valence-electron chi connectivity index (χ3n) is 2.56. The summed E-state index contributed by atoms with van der Waals surface area (Å²) in [6, 6.07) is 5.05. The summed E-state index contributed by atoms with van der Waals surface area (Å²) in [6.07, 6.45) is 0. The zero-order chi connectivity index (χ0) is 12.0. The lowest BCUT2D eigenvalue weighted by Crippen LogP contribution is -2.43. The van der Waals surface area contributed by atoms with Crippen molar-refractivity contribution in [2.45, 2.75) is 24.3 Å². The minimum Gasteiger partial charge on any atom is -0.495 e. The predicted molar refractivity (Wildman–Crippen MR) is 62.7 cm³/mol. The molecule has 5 heteroatoms. The fraction of sp³-hybridized carbons (Fsp3) is 0.455. The number of para-hydroxylation sites is 1. The van der Waals surface area contributed by atoms with E-state index in [1.807, 2.05) is 13.8 Å². The molecule has 0 radical (unpaired) electrons. The van der Waals surface area contributed by atoms with Crippen molar-refractivity contribution < 1.29 is 13.2 Å². The monoisotopic (exact) mass is 241 g/mol. The first-order valence-electron chi connectivity index (χ1n) is 5.04. The molecule has 0 amide bonds. The van der Waals surface area contributed by atoms with Gasteiger partial charge in [0.15, 0.2) is 9.84 Å². The van der Waals surface area contributed by atoms with E-state index >= 15 is 0 Å². The van der Waals surface area contributed by atoms with Crippen molar-refractivity contribution in [2.24, 2.45) is 0 Å². The van der Waals surface area contributed by atoms with E-state index < -0.39 is 15.4 Å². The molecule has 88 valence electrons. The molecular formula is C11H15NO3S. The molecule has 0 unspecified atom stereocenters. The van der Waals surface area contributed by atoms with Gasteiger partial charge in [0.25, 0.3) is 0 Å². The van der Waals surface area contributed by atoms with Crippen molar-refractivity contribution in [3.05, 3.63) is 18.2 Å². The number of sulfone groups is 1. The molecule has 2 rings (SSSR count). The molecule has 0 saturated heterocycles. The topological polar surface area (TPSA) is 55.4 Å². The van der Waals surface area contributed by atoms with Gasteiger partial charge < -0.3 is 10.1 Å². The van der Waals surface area contributed by atoms with Crippen molar-refractivity contribution in [2.75, 3.05) is 18.2 Å². The van der Waals surface area contributed by atoms with Gasteiger partial charge in [0.05, 0.1) is 23.4 Å². The predicted octanol–water partition coefficient (Wildman–Crippen LogP) is 1.67. The Morgan fingerprint density at radius 3 is 2.69 bits per heavy atom. The second-order valence-corrected chi connectivity index (χ2v) is 6.56. The third-order valence-corrected chi connectivity index (χ3v) is 4.67. The van der Waals surface area contributed by atoms with Crippen LogP contribution in [0.3, 0.4) is 0 Å². The number of anilines is 1. The van der Waals surface area contributed by atoms with Gasteiger partial charge in [0.2, 0.25) is 0 Å². The summed E-state index contributed by atoms with van der Waals surface area (Å²) in [6.45, 7) is 3.72. The largest absolute Gasteiger partial charge is 0.495 e. The van der Waals surface area contributed by atoms with Gasteiger partial charge in [0.1, 0.15) is 5.75 Å². The fourth-order valence-electron chi connectivity index (χ4n) is 1.99. The molecule has 1 heterocycles. The Bertz CT molecular complexity index is 520. The van der Waals surface area contributed by atoms with Gasteiger partial charge in [-0.15, -0.1) is 0 Å². The number of nitrogens with one attached hydrogen (secondary N) is 1. The van der Waals surface area contributed by atoms with Crippen molar-refractivity contribution in [1.82, 2.24) is 0 Å². The molecule has 1 aliphatic rings. The Kier molecular flexibility index (Phi) is 2.38. The number of hydrogen-bond acceptors (Lipinski definition) is 4. The van der Waals surface area contributed by atoms with Crippen molar-refractivity contribution in [3.63, 3.8) is 0 Å². The summed E-state index contributed by atoms with van der Waals surface area (Å²) in [5.41, 5.74) is 0.0988. The number of hydrogen-bond donors (Lipinski definition) is 1. The van der Waals surface area contributed by atoms with Gasteiger partial charge in [-0.1, -0.05) is 6.07 Å². The van der Waals surface area contributed by atoms with Crippen LogP contribution >= 0.6 is 0 Å². The summed E-state index contributed by atoms with van der Waals surface area (Å²) >= 11 is 0. The lowest BCUT2D eigenvalue weighted by Gasteiger charge is -2.33. The molecule has 0 saturated carbocycles. The Labute approximate surface area is 95.5 Å². The summed E-state index contributed by atoms with van der Waals surface area (Å²) in [7, 11) is -1.69. The van der Waals surface area contributed by atoms with E-state index in [4.69, 9.17) is 4.74 Å². The number of fused-ring (bicyclic) bond motifs is 1. The highest BCUT2D eigenvalue weighted by atomic mass is 32.2. The first-order chi connectivity index (χ1) is 7.36. The van der Waals surface area contributed by atoms with E-state index in [9.17, 15) is 8.42 Å². The molecule has 0 spiro atoms. The minimum atomic E-state index is -3.22. The first kappa shape index (κ1) is 11.3. The van der Waals surface area contributed by atoms with Crippen LogP contribution in [0.25, 0.3) is 0 Å². The molecule has 1 N–H and O–H groups in total. The Morgan fingerprint density at radius 1 is 1.38 bits per heavy atom. The van der Waals surface area contributed by atoms with Crippen LogP contribution in [0.15, 0.2) is 23.1 Å². The lowest BCUT2D eigenvalue weighted by atomic mass is 10.1. The average molecular weight is 241 g/mol. The highest BCUT2D eigenvalue weighted by Gasteiger charge is 2.36. The van der Waals surface area contributed by atoms with Gasteiger partial charge in [-0.05, 0) is 26.0 Å². The summed E-state index contributed by atoms with van der Waals surface area (Å²) in [5, 5.41) is 3.21. The van der Waals surface area contributed by atoms with E-state index in [1.165, 1.54) is 7.11 Å². The molecule has 1 aromatic rings. The van der Waals surface area contributed by atoms with Crippen LogP contribution in [-0.2, 0) is 9.84 Å². The van der Waals surface area contributed by atoms with Crippen LogP contribution in [0.4, 0.5) is 5.69 Å². The first-order valence-corrected chi connectivity index (χ1v) is 6.69. The SMILES string of the molecule is COc1cccc2c1NC(C)(C)CS2(=O)=O. The van der Waals surface area contributed by atoms with Crippen molar-refractivity contribution >= 4 is 15.5 Å². The van der Waals surface area contributed by atoms with E-state index in [2.05, 4.69) is 5.32 Å². The zero-order valence-corrected chi connectivity index (χ0v) is 10.4. The number of rotatable bonds is 1. The molecule has 0 fully saturated rings. The molecule has 0 atom stereocenters. The Hall–Kier alpha value is -1.23. The standard InChI is InChI=1S/C11H15NO3S/c1-11(2)7-16(13,14)9-6-4-5-8(15-3)10(9)12-11/h4-6,12H,7H2,1-3H3. The second kappa shape index (κ2) is 3.38. The van der Waals surface area contributed by atoms with Crippen LogP contribution in [-0.4, -0.2) is 26.8 Å². The van der Waals surface area contributed by atoms with Gasteiger partial charge in [-0.25, -0.2) is 8.42 Å². The maximum atomic E-state index is 12.1. The molecular weight excluding hydrogens is 226 g/mol. The quantitative estimate of drug-likeness (QED) is 0.812. The Morgan fingerprint density at radius 2 is 2.06 bits per heavy atom. The normalized spacial score (nSPS) is 20.7. The molecule has 16 heavy (non-hydrogen) atoms. The number of ether oxygens (including phenoxy) is 1. The minimum absolute atomic E-state index is 0.0974. The zero-order valence-electron chi connectivity index (χ0n) is 9.57. The molecule has 1 aliphatic heterocycles. The van der Waals surface area contributed by atoms with Gasteiger partial charge in [0, 0.05) is 5.54 Å². The van der Waals surface area contributed by atoms with Crippen molar-refractivity contribution in [1.29, 1.82) is 0 Å². The molecule has 0 aliphatic carbocycles. The average Bonchev–Trinajstić information content (AvgIpc) is 2.14. The summed E-state index contributed by atoms with van der Waals surface area (Å²) in [5.74, 6) is 0.661. The Balaban J connectivity index is 2.69. The van der Waals surface area contributed by atoms with Crippen molar-refractivity contribution in [3.8, 4) is 5.75 Å². The summed E-state index contributed by atoms with van der Waals surface area (Å²) < 4.78 is 29.3. The van der Waals surface area contributed by atoms with Crippen LogP contribution < -0.4 is 10.1 Å². The number of methoxy groups -OCH3 is 1. The highest BCUT2D eigenvalue weighted by Crippen LogP contribution is 2.38. The fourth-order valence-corrected chi connectivity index (χ4v) is 3.92. The van der Waals surface area contributed by atoms with Crippen LogP contribution in [0.2, 0.25) is 0 Å². The summed E-state index contributed by atoms with van der Waals surface area (Å²) in [4.78, 5) is 0.325. The maximum absolute atomic E-state index is 12.1. The van der Waals surface area contributed by atoms with E-state index in [1.54, 1.807) is 18.2 Å².